The zero-order valence-electron chi connectivity index (χ0n) is 10.9. The Labute approximate surface area is 110 Å². The number of alkyl carbamates (subject to hydrolysis) is 1. The maximum absolute atomic E-state index is 11.2. The number of carbonyl (C=O) groups excluding carboxylic acids is 2. The number of aliphatic hydroxyl groups is 1. The molecule has 0 spiro atoms. The monoisotopic (exact) mass is 277 g/mol. The summed E-state index contributed by atoms with van der Waals surface area (Å²) in [4.78, 5) is 33.0. The van der Waals surface area contributed by atoms with Crippen LogP contribution in [0.3, 0.4) is 0 Å². The van der Waals surface area contributed by atoms with Crippen LogP contribution in [0.15, 0.2) is 0 Å². The first kappa shape index (κ1) is 17.2. The van der Waals surface area contributed by atoms with Crippen molar-refractivity contribution in [3.63, 3.8) is 0 Å². The molecular weight excluding hydrogens is 258 g/mol. The van der Waals surface area contributed by atoms with E-state index in [1.165, 1.54) is 6.92 Å². The Balaban J connectivity index is 4.04. The van der Waals surface area contributed by atoms with E-state index in [9.17, 15) is 14.4 Å². The minimum Gasteiger partial charge on any atom is -0.480 e. The van der Waals surface area contributed by atoms with E-state index < -0.39 is 37.0 Å². The third-order valence-electron chi connectivity index (χ3n) is 2.08. The molecule has 8 nitrogen and oxygen atoms in total. The summed E-state index contributed by atoms with van der Waals surface area (Å²) in [5.74, 6) is -1.90. The molecule has 0 heterocycles. The number of ether oxygens (including phenoxy) is 2. The second-order valence-corrected chi connectivity index (χ2v) is 3.78. The maximum atomic E-state index is 11.2. The summed E-state index contributed by atoms with van der Waals surface area (Å²) in [5.41, 5.74) is 0. The Hall–Kier alpha value is -1.83. The van der Waals surface area contributed by atoms with Crippen molar-refractivity contribution in [2.75, 3.05) is 6.61 Å². The van der Waals surface area contributed by atoms with Gasteiger partial charge in [-0.3, -0.25) is 4.79 Å². The quantitative estimate of drug-likeness (QED) is 0.429. The van der Waals surface area contributed by atoms with E-state index in [0.29, 0.717) is 6.42 Å². The Morgan fingerprint density at radius 1 is 1.26 bits per heavy atom. The van der Waals surface area contributed by atoms with Gasteiger partial charge in [0, 0.05) is 13.3 Å². The van der Waals surface area contributed by atoms with Gasteiger partial charge in [0.1, 0.15) is 0 Å². The van der Waals surface area contributed by atoms with Gasteiger partial charge >= 0.3 is 18.0 Å². The molecule has 0 saturated heterocycles. The number of esters is 1. The summed E-state index contributed by atoms with van der Waals surface area (Å²) in [6.07, 6.45) is -0.486. The number of hydrogen-bond acceptors (Lipinski definition) is 6. The molecule has 8 heteroatoms. The summed E-state index contributed by atoms with van der Waals surface area (Å²) in [5, 5.41) is 19.2. The molecule has 1 amide bonds. The first-order valence-electron chi connectivity index (χ1n) is 5.91. The fourth-order valence-corrected chi connectivity index (χ4v) is 1.10. The largest absolute Gasteiger partial charge is 0.480 e. The van der Waals surface area contributed by atoms with E-state index in [1.54, 1.807) is 0 Å². The van der Waals surface area contributed by atoms with E-state index in [0.717, 1.165) is 6.42 Å². The van der Waals surface area contributed by atoms with Gasteiger partial charge in [-0.1, -0.05) is 13.3 Å². The molecular formula is C11H19NO7. The molecule has 3 N–H and O–H groups in total. The number of carboxylic acids is 1. The minimum absolute atomic E-state index is 0.222. The standard InChI is InChI=1S/C11H19NO7/c1-3-4-5-9(14)18-7(2)19-11(17)12-8(6-13)10(15)16/h7-8,13H,3-6H2,1-2H3,(H,12,17)(H,15,16)/t7?,8-/m1/s1. The van der Waals surface area contributed by atoms with Gasteiger partial charge < -0.3 is 25.0 Å². The number of aliphatic hydroxyl groups excluding tert-OH is 1. The molecule has 0 saturated carbocycles. The van der Waals surface area contributed by atoms with Gasteiger partial charge in [0.25, 0.3) is 0 Å². The average molecular weight is 277 g/mol. The van der Waals surface area contributed by atoms with Crippen LogP contribution < -0.4 is 5.32 Å². The molecule has 0 rings (SSSR count). The highest BCUT2D eigenvalue weighted by molar-refractivity contribution is 5.80. The van der Waals surface area contributed by atoms with Crippen LogP contribution in [-0.4, -0.2) is 47.2 Å². The fraction of sp³-hybridized carbons (Fsp3) is 0.727. The highest BCUT2D eigenvalue weighted by Gasteiger charge is 2.21. The van der Waals surface area contributed by atoms with Crippen LogP contribution in [0.5, 0.6) is 0 Å². The van der Waals surface area contributed by atoms with E-state index in [-0.39, 0.29) is 6.42 Å². The molecule has 0 aromatic rings. The number of unbranched alkanes of at least 4 members (excludes halogenated alkanes) is 1. The SMILES string of the molecule is CCCCC(=O)OC(C)OC(=O)N[C@H](CO)C(=O)O. The van der Waals surface area contributed by atoms with Crippen molar-refractivity contribution >= 4 is 18.0 Å². The number of hydrogen-bond donors (Lipinski definition) is 3. The van der Waals surface area contributed by atoms with Crippen molar-refractivity contribution in [1.29, 1.82) is 0 Å². The number of amides is 1. The lowest BCUT2D eigenvalue weighted by Crippen LogP contribution is -2.44. The zero-order chi connectivity index (χ0) is 14.8. The van der Waals surface area contributed by atoms with Gasteiger partial charge in [0.2, 0.25) is 6.29 Å². The minimum atomic E-state index is -1.46. The molecule has 0 aliphatic heterocycles. The molecule has 110 valence electrons. The molecule has 0 fully saturated rings. The molecule has 1 unspecified atom stereocenters. The van der Waals surface area contributed by atoms with Crippen molar-refractivity contribution in [1.82, 2.24) is 5.32 Å². The first-order chi connectivity index (χ1) is 8.90. The lowest BCUT2D eigenvalue weighted by Gasteiger charge is -2.16. The van der Waals surface area contributed by atoms with E-state index in [1.807, 2.05) is 12.2 Å². The molecule has 19 heavy (non-hydrogen) atoms. The van der Waals surface area contributed by atoms with Crippen LogP contribution in [0.4, 0.5) is 4.79 Å². The second kappa shape index (κ2) is 9.15. The molecule has 0 radical (unpaired) electrons. The van der Waals surface area contributed by atoms with Gasteiger partial charge in [-0.15, -0.1) is 0 Å². The van der Waals surface area contributed by atoms with Crippen molar-refractivity contribution < 1.29 is 34.1 Å². The molecule has 0 aliphatic rings. The Morgan fingerprint density at radius 3 is 2.37 bits per heavy atom. The normalized spacial score (nSPS) is 13.2. The number of aliphatic carboxylic acids is 1. The lowest BCUT2D eigenvalue weighted by molar-refractivity contribution is -0.165. The van der Waals surface area contributed by atoms with Crippen LogP contribution >= 0.6 is 0 Å². The zero-order valence-corrected chi connectivity index (χ0v) is 10.9. The molecule has 0 bridgehead atoms. The van der Waals surface area contributed by atoms with Gasteiger partial charge in [-0.2, -0.15) is 0 Å². The van der Waals surface area contributed by atoms with Crippen molar-refractivity contribution in [2.24, 2.45) is 0 Å². The van der Waals surface area contributed by atoms with Gasteiger partial charge in [0.05, 0.1) is 6.61 Å². The second-order valence-electron chi connectivity index (χ2n) is 3.78. The smallest absolute Gasteiger partial charge is 0.411 e. The van der Waals surface area contributed by atoms with Crippen LogP contribution in [0.25, 0.3) is 0 Å². The highest BCUT2D eigenvalue weighted by atomic mass is 16.7. The topological polar surface area (TPSA) is 122 Å². The summed E-state index contributed by atoms with van der Waals surface area (Å²) >= 11 is 0. The van der Waals surface area contributed by atoms with Gasteiger partial charge in [-0.25, -0.2) is 9.59 Å². The Bertz CT molecular complexity index is 318. The van der Waals surface area contributed by atoms with E-state index >= 15 is 0 Å². The Kier molecular flexibility index (Phi) is 8.27. The molecule has 2 atom stereocenters. The van der Waals surface area contributed by atoms with E-state index in [2.05, 4.69) is 4.74 Å². The maximum Gasteiger partial charge on any atom is 0.411 e. The van der Waals surface area contributed by atoms with Crippen LogP contribution in [0, 0.1) is 0 Å². The summed E-state index contributed by atoms with van der Waals surface area (Å²) in [6.45, 7) is 2.48. The first-order valence-corrected chi connectivity index (χ1v) is 5.91. The molecule has 0 aromatic heterocycles. The number of rotatable bonds is 8. The summed E-state index contributed by atoms with van der Waals surface area (Å²) < 4.78 is 9.38. The summed E-state index contributed by atoms with van der Waals surface area (Å²) in [6, 6.07) is -1.46. The van der Waals surface area contributed by atoms with E-state index in [4.69, 9.17) is 14.9 Å². The van der Waals surface area contributed by atoms with Crippen LogP contribution in [0.2, 0.25) is 0 Å². The van der Waals surface area contributed by atoms with Gasteiger partial charge in [0.15, 0.2) is 6.04 Å². The summed E-state index contributed by atoms with van der Waals surface area (Å²) in [7, 11) is 0. The number of carbonyl (C=O) groups is 3. The van der Waals surface area contributed by atoms with Crippen molar-refractivity contribution in [2.45, 2.75) is 45.4 Å². The third kappa shape index (κ3) is 7.98. The number of nitrogens with one attached hydrogen (secondary N) is 1. The molecule has 0 aromatic carbocycles. The fourth-order valence-electron chi connectivity index (χ4n) is 1.10. The highest BCUT2D eigenvalue weighted by Crippen LogP contribution is 2.01. The van der Waals surface area contributed by atoms with Gasteiger partial charge in [-0.05, 0) is 6.42 Å². The van der Waals surface area contributed by atoms with Crippen molar-refractivity contribution in [3.05, 3.63) is 0 Å². The number of carboxylic acid groups (broad SMARTS) is 1. The third-order valence-corrected chi connectivity index (χ3v) is 2.08. The lowest BCUT2D eigenvalue weighted by atomic mass is 10.2. The predicted molar refractivity (Wildman–Crippen MR) is 63.2 cm³/mol. The van der Waals surface area contributed by atoms with Crippen LogP contribution in [-0.2, 0) is 19.1 Å². The predicted octanol–water partition coefficient (Wildman–Crippen LogP) is 0.237. The van der Waals surface area contributed by atoms with Crippen molar-refractivity contribution in [3.8, 4) is 0 Å². The molecule has 0 aliphatic carbocycles. The van der Waals surface area contributed by atoms with Crippen LogP contribution in [0.1, 0.15) is 33.1 Å². The average Bonchev–Trinajstić information content (AvgIpc) is 2.32. The Morgan fingerprint density at radius 2 is 1.89 bits per heavy atom.